The van der Waals surface area contributed by atoms with E-state index in [1.54, 1.807) is 12.4 Å². The van der Waals surface area contributed by atoms with E-state index in [9.17, 15) is 4.79 Å². The van der Waals surface area contributed by atoms with Gasteiger partial charge in [0.05, 0.1) is 34.3 Å². The molecule has 0 aliphatic carbocycles. The molecule has 1 aliphatic heterocycles. The van der Waals surface area contributed by atoms with E-state index in [0.29, 0.717) is 12.1 Å². The minimum Gasteiger partial charge on any atom is -0.353 e. The lowest BCUT2D eigenvalue weighted by Gasteiger charge is -2.33. The molecule has 6 rings (SSSR count). The van der Waals surface area contributed by atoms with Crippen molar-refractivity contribution >= 4 is 39.3 Å². The first-order valence-corrected chi connectivity index (χ1v) is 12.6. The van der Waals surface area contributed by atoms with E-state index in [-0.39, 0.29) is 5.91 Å². The molecule has 1 aliphatic rings. The van der Waals surface area contributed by atoms with Gasteiger partial charge in [0.25, 0.3) is 0 Å². The Morgan fingerprint density at radius 3 is 2.78 bits per heavy atom. The minimum absolute atomic E-state index is 0.0220. The summed E-state index contributed by atoms with van der Waals surface area (Å²) in [4.78, 5) is 34.2. The van der Waals surface area contributed by atoms with Gasteiger partial charge in [-0.05, 0) is 43.8 Å². The number of aromatic nitrogens is 6. The SMILES string of the molecule is CCCC(=O)Nc1cncc(-c2ccc3[nH]nc(-c4cc5c(N6CCN(C)CC6)nccc5[nH]4)c3n2)c1. The van der Waals surface area contributed by atoms with Crippen molar-refractivity contribution in [3.8, 4) is 22.6 Å². The summed E-state index contributed by atoms with van der Waals surface area (Å²) >= 11 is 0. The van der Waals surface area contributed by atoms with Crippen molar-refractivity contribution in [2.75, 3.05) is 43.4 Å². The van der Waals surface area contributed by atoms with Crippen LogP contribution in [0.25, 0.3) is 44.6 Å². The van der Waals surface area contributed by atoms with Crippen molar-refractivity contribution in [2.24, 2.45) is 0 Å². The number of piperazine rings is 1. The van der Waals surface area contributed by atoms with Crippen molar-refractivity contribution in [1.29, 1.82) is 0 Å². The summed E-state index contributed by atoms with van der Waals surface area (Å²) in [6.45, 7) is 5.91. The van der Waals surface area contributed by atoms with Gasteiger partial charge in [-0.3, -0.25) is 14.9 Å². The van der Waals surface area contributed by atoms with Gasteiger partial charge in [-0.15, -0.1) is 0 Å². The number of hydrogen-bond donors (Lipinski definition) is 3. The first-order chi connectivity index (χ1) is 18.1. The van der Waals surface area contributed by atoms with Crippen LogP contribution < -0.4 is 10.2 Å². The highest BCUT2D eigenvalue weighted by atomic mass is 16.1. The van der Waals surface area contributed by atoms with Crippen molar-refractivity contribution in [3.05, 3.63) is 48.9 Å². The van der Waals surface area contributed by atoms with Crippen LogP contribution in [0, 0.1) is 0 Å². The summed E-state index contributed by atoms with van der Waals surface area (Å²) < 4.78 is 0. The van der Waals surface area contributed by atoms with Gasteiger partial charge in [0.2, 0.25) is 5.91 Å². The largest absolute Gasteiger partial charge is 0.353 e. The van der Waals surface area contributed by atoms with Crippen LogP contribution in [0.15, 0.2) is 48.9 Å². The third-order valence-corrected chi connectivity index (χ3v) is 6.79. The number of nitrogens with zero attached hydrogens (tertiary/aromatic N) is 6. The molecule has 0 bridgehead atoms. The van der Waals surface area contributed by atoms with Crippen LogP contribution >= 0.6 is 0 Å². The number of fused-ring (bicyclic) bond motifs is 2. The molecule has 0 radical (unpaired) electrons. The average Bonchev–Trinajstić information content (AvgIpc) is 3.53. The van der Waals surface area contributed by atoms with Crippen molar-refractivity contribution < 1.29 is 4.79 Å². The Kier molecular flexibility index (Phi) is 6.01. The molecule has 0 saturated carbocycles. The Balaban J connectivity index is 1.35. The minimum atomic E-state index is -0.0220. The number of likely N-dealkylation sites (N-methyl/N-ethyl adjacent to an activating group) is 1. The summed E-state index contributed by atoms with van der Waals surface area (Å²) in [5.41, 5.74) is 6.49. The van der Waals surface area contributed by atoms with E-state index < -0.39 is 0 Å². The fraction of sp³-hybridized carbons (Fsp3) is 0.296. The number of carbonyl (C=O) groups excluding carboxylic acids is 1. The maximum absolute atomic E-state index is 12.0. The number of anilines is 2. The topological polar surface area (TPSA) is 119 Å². The first-order valence-electron chi connectivity index (χ1n) is 12.6. The zero-order valence-corrected chi connectivity index (χ0v) is 21.0. The van der Waals surface area contributed by atoms with Crippen LogP contribution in [0.5, 0.6) is 0 Å². The second-order valence-electron chi connectivity index (χ2n) is 9.49. The molecule has 0 unspecified atom stereocenters. The Labute approximate surface area is 214 Å². The van der Waals surface area contributed by atoms with E-state index in [4.69, 9.17) is 9.97 Å². The number of amides is 1. The van der Waals surface area contributed by atoms with Gasteiger partial charge >= 0.3 is 0 Å². The number of pyridine rings is 3. The zero-order valence-electron chi connectivity index (χ0n) is 21.0. The van der Waals surface area contributed by atoms with Crippen LogP contribution in [-0.2, 0) is 4.79 Å². The molecule has 3 N–H and O–H groups in total. The molecule has 0 spiro atoms. The molecule has 6 heterocycles. The fourth-order valence-electron chi connectivity index (χ4n) is 4.78. The number of rotatable bonds is 6. The molecule has 0 atom stereocenters. The molecule has 37 heavy (non-hydrogen) atoms. The Bertz CT molecular complexity index is 1580. The first kappa shape index (κ1) is 23.1. The summed E-state index contributed by atoms with van der Waals surface area (Å²) in [6.07, 6.45) is 6.52. The smallest absolute Gasteiger partial charge is 0.224 e. The maximum atomic E-state index is 12.0. The summed E-state index contributed by atoms with van der Waals surface area (Å²) in [7, 11) is 2.15. The van der Waals surface area contributed by atoms with E-state index in [0.717, 1.165) is 83.0 Å². The van der Waals surface area contributed by atoms with Gasteiger partial charge in [-0.1, -0.05) is 6.92 Å². The number of H-pyrrole nitrogens is 2. The molecule has 0 aromatic carbocycles. The molecule has 10 heteroatoms. The third kappa shape index (κ3) is 4.51. The van der Waals surface area contributed by atoms with Crippen LogP contribution in [0.2, 0.25) is 0 Å². The monoisotopic (exact) mass is 495 g/mol. The van der Waals surface area contributed by atoms with Gasteiger partial charge < -0.3 is 20.1 Å². The molecule has 1 fully saturated rings. The standard InChI is InChI=1S/C27H29N9O/c1-3-4-24(37)30-18-13-17(15-28-16-18)20-5-6-22-25(32-20)26(34-33-22)23-14-19-21(31-23)7-8-29-27(19)36-11-9-35(2)10-12-36/h5-8,13-16,31H,3-4,9-12H2,1-2H3,(H,30,37)(H,33,34). The van der Waals surface area contributed by atoms with Crippen LogP contribution in [0.3, 0.4) is 0 Å². The quantitative estimate of drug-likeness (QED) is 0.325. The van der Waals surface area contributed by atoms with Crippen LogP contribution in [-0.4, -0.2) is 74.2 Å². The predicted octanol–water partition coefficient (Wildman–Crippen LogP) is 4.05. The molecule has 5 aromatic rings. The lowest BCUT2D eigenvalue weighted by Crippen LogP contribution is -2.44. The van der Waals surface area contributed by atoms with E-state index in [1.165, 1.54) is 0 Å². The van der Waals surface area contributed by atoms with Gasteiger partial charge in [-0.2, -0.15) is 5.10 Å². The third-order valence-electron chi connectivity index (χ3n) is 6.79. The maximum Gasteiger partial charge on any atom is 0.224 e. The average molecular weight is 496 g/mol. The zero-order chi connectivity index (χ0) is 25.4. The number of carbonyl (C=O) groups is 1. The predicted molar refractivity (Wildman–Crippen MR) is 145 cm³/mol. The lowest BCUT2D eigenvalue weighted by molar-refractivity contribution is -0.116. The molecular weight excluding hydrogens is 466 g/mol. The van der Waals surface area contributed by atoms with E-state index >= 15 is 0 Å². The highest BCUT2D eigenvalue weighted by Gasteiger charge is 2.20. The number of hydrogen-bond acceptors (Lipinski definition) is 7. The van der Waals surface area contributed by atoms with Crippen LogP contribution in [0.1, 0.15) is 19.8 Å². The second-order valence-corrected chi connectivity index (χ2v) is 9.49. The van der Waals surface area contributed by atoms with Gasteiger partial charge in [-0.25, -0.2) is 9.97 Å². The molecule has 5 aromatic heterocycles. The van der Waals surface area contributed by atoms with Crippen molar-refractivity contribution in [3.63, 3.8) is 0 Å². The second kappa shape index (κ2) is 9.62. The van der Waals surface area contributed by atoms with Crippen molar-refractivity contribution in [1.82, 2.24) is 35.0 Å². The molecular formula is C27H29N9O. The highest BCUT2D eigenvalue weighted by molar-refractivity contribution is 5.98. The van der Waals surface area contributed by atoms with Crippen molar-refractivity contribution in [2.45, 2.75) is 19.8 Å². The summed E-state index contributed by atoms with van der Waals surface area (Å²) in [5.74, 6) is 0.973. The Hall–Kier alpha value is -4.31. The lowest BCUT2D eigenvalue weighted by atomic mass is 10.1. The van der Waals surface area contributed by atoms with E-state index in [1.807, 2.05) is 37.4 Å². The van der Waals surface area contributed by atoms with Crippen LogP contribution in [0.4, 0.5) is 11.5 Å². The molecule has 1 amide bonds. The Morgan fingerprint density at radius 1 is 1.08 bits per heavy atom. The van der Waals surface area contributed by atoms with E-state index in [2.05, 4.69) is 48.4 Å². The number of nitrogens with one attached hydrogen (secondary N) is 3. The highest BCUT2D eigenvalue weighted by Crippen LogP contribution is 2.33. The van der Waals surface area contributed by atoms with Gasteiger partial charge in [0.15, 0.2) is 0 Å². The summed E-state index contributed by atoms with van der Waals surface area (Å²) in [6, 6.07) is 9.91. The van der Waals surface area contributed by atoms with Gasteiger partial charge in [0.1, 0.15) is 17.0 Å². The normalized spacial score (nSPS) is 14.5. The molecule has 10 nitrogen and oxygen atoms in total. The number of aromatic amines is 2. The molecule has 1 saturated heterocycles. The fourth-order valence-corrected chi connectivity index (χ4v) is 4.78. The van der Waals surface area contributed by atoms with Gasteiger partial charge in [0, 0.05) is 55.9 Å². The summed E-state index contributed by atoms with van der Waals surface area (Å²) in [5, 5.41) is 11.7. The Morgan fingerprint density at radius 2 is 1.95 bits per heavy atom. The molecule has 188 valence electrons.